The van der Waals surface area contributed by atoms with Gasteiger partial charge in [0, 0.05) is 30.4 Å². The Labute approximate surface area is 193 Å². The SMILES string of the molecule is CCCCN(C)S(=O)(=O)c1ccc(C(=O)Nc2cccc(-c3nc4ccccc4o3)c2)cc1. The van der Waals surface area contributed by atoms with Crippen LogP contribution in [-0.4, -0.2) is 37.2 Å². The topological polar surface area (TPSA) is 92.5 Å². The Morgan fingerprint density at radius 2 is 1.79 bits per heavy atom. The van der Waals surface area contributed by atoms with Gasteiger partial charge in [0.1, 0.15) is 5.52 Å². The fourth-order valence-corrected chi connectivity index (χ4v) is 4.60. The molecule has 0 bridgehead atoms. The summed E-state index contributed by atoms with van der Waals surface area (Å²) >= 11 is 0. The number of nitrogens with one attached hydrogen (secondary N) is 1. The number of hydrogen-bond acceptors (Lipinski definition) is 5. The smallest absolute Gasteiger partial charge is 0.255 e. The highest BCUT2D eigenvalue weighted by atomic mass is 32.2. The summed E-state index contributed by atoms with van der Waals surface area (Å²) in [6.07, 6.45) is 1.70. The van der Waals surface area contributed by atoms with Crippen LogP contribution in [0.5, 0.6) is 0 Å². The number of sulfonamides is 1. The maximum absolute atomic E-state index is 12.7. The van der Waals surface area contributed by atoms with Gasteiger partial charge in [-0.3, -0.25) is 4.79 Å². The van der Waals surface area contributed by atoms with Gasteiger partial charge in [0.15, 0.2) is 5.58 Å². The molecule has 0 aliphatic heterocycles. The molecule has 0 aliphatic carbocycles. The van der Waals surface area contributed by atoms with Gasteiger partial charge in [-0.2, -0.15) is 0 Å². The number of carbonyl (C=O) groups is 1. The van der Waals surface area contributed by atoms with Crippen LogP contribution in [-0.2, 0) is 10.0 Å². The number of carbonyl (C=O) groups excluding carboxylic acids is 1. The van der Waals surface area contributed by atoms with Crippen LogP contribution in [0.1, 0.15) is 30.1 Å². The number of anilines is 1. The van der Waals surface area contributed by atoms with Gasteiger partial charge in [-0.25, -0.2) is 17.7 Å². The summed E-state index contributed by atoms with van der Waals surface area (Å²) in [6.45, 7) is 2.47. The van der Waals surface area contributed by atoms with E-state index in [0.29, 0.717) is 29.3 Å². The fraction of sp³-hybridized carbons (Fsp3) is 0.200. The zero-order chi connectivity index (χ0) is 23.4. The van der Waals surface area contributed by atoms with Crippen LogP contribution in [0.2, 0.25) is 0 Å². The second-order valence-electron chi connectivity index (χ2n) is 7.73. The first kappa shape index (κ1) is 22.7. The molecule has 0 radical (unpaired) electrons. The zero-order valence-corrected chi connectivity index (χ0v) is 19.3. The van der Waals surface area contributed by atoms with Gasteiger partial charge in [-0.15, -0.1) is 0 Å². The van der Waals surface area contributed by atoms with Gasteiger partial charge in [0.2, 0.25) is 15.9 Å². The number of nitrogens with zero attached hydrogens (tertiary/aromatic N) is 2. The molecule has 4 rings (SSSR count). The molecule has 33 heavy (non-hydrogen) atoms. The number of oxazole rings is 1. The van der Waals surface area contributed by atoms with Crippen LogP contribution < -0.4 is 5.32 Å². The van der Waals surface area contributed by atoms with Crippen LogP contribution in [0.3, 0.4) is 0 Å². The van der Waals surface area contributed by atoms with E-state index >= 15 is 0 Å². The molecule has 4 aromatic rings. The largest absolute Gasteiger partial charge is 0.436 e. The van der Waals surface area contributed by atoms with E-state index < -0.39 is 10.0 Å². The van der Waals surface area contributed by atoms with E-state index in [-0.39, 0.29) is 10.8 Å². The first-order chi connectivity index (χ1) is 15.9. The minimum absolute atomic E-state index is 0.163. The third-order valence-electron chi connectivity index (χ3n) is 5.31. The lowest BCUT2D eigenvalue weighted by molar-refractivity contribution is 0.102. The van der Waals surface area contributed by atoms with Crippen LogP contribution in [0.4, 0.5) is 5.69 Å². The lowest BCUT2D eigenvalue weighted by Crippen LogP contribution is -2.28. The Morgan fingerprint density at radius 1 is 1.03 bits per heavy atom. The first-order valence-corrected chi connectivity index (χ1v) is 12.2. The van der Waals surface area contributed by atoms with Gasteiger partial charge < -0.3 is 9.73 Å². The summed E-state index contributed by atoms with van der Waals surface area (Å²) in [6, 6.07) is 20.7. The van der Waals surface area contributed by atoms with Crippen molar-refractivity contribution in [3.8, 4) is 11.5 Å². The molecule has 7 nitrogen and oxygen atoms in total. The monoisotopic (exact) mass is 463 g/mol. The van der Waals surface area contributed by atoms with E-state index in [1.165, 1.54) is 28.6 Å². The predicted molar refractivity (Wildman–Crippen MR) is 129 cm³/mol. The molecule has 0 unspecified atom stereocenters. The molecule has 1 N–H and O–H groups in total. The number of para-hydroxylation sites is 2. The minimum Gasteiger partial charge on any atom is -0.436 e. The van der Waals surface area contributed by atoms with Crippen molar-refractivity contribution in [3.63, 3.8) is 0 Å². The van der Waals surface area contributed by atoms with Gasteiger partial charge in [0.05, 0.1) is 4.90 Å². The number of rotatable bonds is 8. The summed E-state index contributed by atoms with van der Waals surface area (Å²) in [7, 11) is -2.01. The van der Waals surface area contributed by atoms with Crippen LogP contribution >= 0.6 is 0 Å². The second-order valence-corrected chi connectivity index (χ2v) is 9.77. The van der Waals surface area contributed by atoms with E-state index in [0.717, 1.165) is 23.9 Å². The van der Waals surface area contributed by atoms with Gasteiger partial charge >= 0.3 is 0 Å². The molecule has 0 saturated carbocycles. The standard InChI is InChI=1S/C25H25N3O4S/c1-3-4-16-28(2)33(30,31)21-14-12-18(13-15-21)24(29)26-20-9-7-8-19(17-20)25-27-22-10-5-6-11-23(22)32-25/h5-15,17H,3-4,16H2,1-2H3,(H,26,29). The molecule has 170 valence electrons. The van der Waals surface area contributed by atoms with E-state index in [2.05, 4.69) is 10.3 Å². The zero-order valence-electron chi connectivity index (χ0n) is 18.5. The van der Waals surface area contributed by atoms with Gasteiger partial charge in [-0.05, 0) is 61.0 Å². The lowest BCUT2D eigenvalue weighted by Gasteiger charge is -2.17. The summed E-state index contributed by atoms with van der Waals surface area (Å²) in [4.78, 5) is 17.4. The number of unbranched alkanes of at least 4 members (excludes halogenated alkanes) is 1. The fourth-order valence-electron chi connectivity index (χ4n) is 3.39. The van der Waals surface area contributed by atoms with Crippen LogP contribution in [0.25, 0.3) is 22.6 Å². The Morgan fingerprint density at radius 3 is 2.52 bits per heavy atom. The summed E-state index contributed by atoms with van der Waals surface area (Å²) in [5.74, 6) is 0.127. The molecular weight excluding hydrogens is 438 g/mol. The molecule has 1 amide bonds. The summed E-state index contributed by atoms with van der Waals surface area (Å²) < 4.78 is 32.5. The van der Waals surface area contributed by atoms with Crippen LogP contribution in [0.15, 0.2) is 82.1 Å². The Kier molecular flexibility index (Phi) is 6.57. The van der Waals surface area contributed by atoms with E-state index in [9.17, 15) is 13.2 Å². The second kappa shape index (κ2) is 9.56. The highest BCUT2D eigenvalue weighted by molar-refractivity contribution is 7.89. The highest BCUT2D eigenvalue weighted by Gasteiger charge is 2.20. The molecular formula is C25H25N3O4S. The van der Waals surface area contributed by atoms with Crippen LogP contribution in [0, 0.1) is 0 Å². The number of fused-ring (bicyclic) bond motifs is 1. The van der Waals surface area contributed by atoms with Crippen molar-refractivity contribution in [2.24, 2.45) is 0 Å². The molecule has 8 heteroatoms. The molecule has 0 spiro atoms. The van der Waals surface area contributed by atoms with Gasteiger partial charge in [0.25, 0.3) is 5.91 Å². The maximum Gasteiger partial charge on any atom is 0.255 e. The average Bonchev–Trinajstić information content (AvgIpc) is 3.27. The molecule has 0 saturated heterocycles. The first-order valence-electron chi connectivity index (χ1n) is 10.7. The minimum atomic E-state index is -3.58. The lowest BCUT2D eigenvalue weighted by atomic mass is 10.1. The number of amides is 1. The molecule has 0 fully saturated rings. The molecule has 0 aliphatic rings. The molecule has 3 aromatic carbocycles. The van der Waals surface area contributed by atoms with E-state index in [4.69, 9.17) is 4.42 Å². The Hall–Kier alpha value is -3.49. The number of benzene rings is 3. The average molecular weight is 464 g/mol. The van der Waals surface area contributed by atoms with Crippen molar-refractivity contribution in [2.75, 3.05) is 18.9 Å². The highest BCUT2D eigenvalue weighted by Crippen LogP contribution is 2.26. The van der Waals surface area contributed by atoms with Crippen molar-refractivity contribution in [1.82, 2.24) is 9.29 Å². The van der Waals surface area contributed by atoms with Crippen molar-refractivity contribution < 1.29 is 17.6 Å². The quantitative estimate of drug-likeness (QED) is 0.389. The molecule has 1 aromatic heterocycles. The van der Waals surface area contributed by atoms with E-state index in [1.54, 1.807) is 19.2 Å². The van der Waals surface area contributed by atoms with Crippen molar-refractivity contribution in [2.45, 2.75) is 24.7 Å². The summed E-state index contributed by atoms with van der Waals surface area (Å²) in [5.41, 5.74) is 3.13. The number of hydrogen-bond donors (Lipinski definition) is 1. The normalized spacial score (nSPS) is 11.7. The van der Waals surface area contributed by atoms with Crippen molar-refractivity contribution in [1.29, 1.82) is 0 Å². The number of aromatic nitrogens is 1. The third kappa shape index (κ3) is 4.97. The molecule has 1 heterocycles. The predicted octanol–water partition coefficient (Wildman–Crippen LogP) is 5.17. The van der Waals surface area contributed by atoms with E-state index in [1.807, 2.05) is 43.3 Å². The van der Waals surface area contributed by atoms with Crippen molar-refractivity contribution >= 4 is 32.7 Å². The Bertz CT molecular complexity index is 1350. The maximum atomic E-state index is 12.7. The molecule has 0 atom stereocenters. The summed E-state index contributed by atoms with van der Waals surface area (Å²) in [5, 5.41) is 2.84. The Balaban J connectivity index is 1.49. The van der Waals surface area contributed by atoms with Crippen molar-refractivity contribution in [3.05, 3.63) is 78.4 Å². The third-order valence-corrected chi connectivity index (χ3v) is 7.18. The van der Waals surface area contributed by atoms with Gasteiger partial charge in [-0.1, -0.05) is 31.5 Å².